The molecule has 1 aromatic rings. The lowest BCUT2D eigenvalue weighted by Gasteiger charge is -2.29. The molecule has 17 heavy (non-hydrogen) atoms. The van der Waals surface area contributed by atoms with Gasteiger partial charge in [-0.05, 0) is 23.3 Å². The molecule has 0 radical (unpaired) electrons. The second-order valence-electron chi connectivity index (χ2n) is 5.11. The Morgan fingerprint density at radius 2 is 1.76 bits per heavy atom. The van der Waals surface area contributed by atoms with Gasteiger partial charge in [0.05, 0.1) is 16.7 Å². The lowest BCUT2D eigenvalue weighted by Crippen LogP contribution is -2.28. The summed E-state index contributed by atoms with van der Waals surface area (Å²) in [7, 11) is 0. The average molecular weight is 293 g/mol. The topological polar surface area (TPSA) is 9.23 Å². The first kappa shape index (κ1) is 15.0. The summed E-state index contributed by atoms with van der Waals surface area (Å²) in [5.41, 5.74) is 0.148. The summed E-state index contributed by atoms with van der Waals surface area (Å²) in [6.07, 6.45) is 0. The quantitative estimate of drug-likeness (QED) is 0.772. The van der Waals surface area contributed by atoms with Gasteiger partial charge >= 0.3 is 0 Å². The third-order valence-corrected chi connectivity index (χ3v) is 3.83. The summed E-state index contributed by atoms with van der Waals surface area (Å²) in [6, 6.07) is 5.35. The van der Waals surface area contributed by atoms with E-state index in [0.717, 1.165) is 5.75 Å². The number of thiol groups is 1. The van der Waals surface area contributed by atoms with E-state index in [0.29, 0.717) is 28.3 Å². The minimum absolute atomic E-state index is 0.148. The van der Waals surface area contributed by atoms with Crippen LogP contribution in [0.5, 0.6) is 5.75 Å². The number of halogens is 2. The first-order chi connectivity index (χ1) is 7.86. The van der Waals surface area contributed by atoms with E-state index in [4.69, 9.17) is 27.9 Å². The fourth-order valence-electron chi connectivity index (χ4n) is 1.38. The van der Waals surface area contributed by atoms with Crippen LogP contribution in [0.15, 0.2) is 18.2 Å². The van der Waals surface area contributed by atoms with Gasteiger partial charge < -0.3 is 4.74 Å². The zero-order valence-electron chi connectivity index (χ0n) is 10.3. The van der Waals surface area contributed by atoms with Crippen molar-refractivity contribution in [2.24, 2.45) is 11.3 Å². The largest absolute Gasteiger partial charge is 0.490 e. The van der Waals surface area contributed by atoms with E-state index in [1.165, 1.54) is 0 Å². The van der Waals surface area contributed by atoms with Crippen LogP contribution in [-0.4, -0.2) is 12.4 Å². The van der Waals surface area contributed by atoms with E-state index < -0.39 is 0 Å². The normalized spacial score (nSPS) is 13.5. The molecule has 0 saturated carbocycles. The minimum atomic E-state index is 0.148. The van der Waals surface area contributed by atoms with E-state index in [1.54, 1.807) is 18.2 Å². The third kappa shape index (κ3) is 4.27. The molecular weight excluding hydrogens is 275 g/mol. The molecule has 0 bridgehead atoms. The molecule has 1 atom stereocenters. The van der Waals surface area contributed by atoms with Crippen molar-refractivity contribution in [3.05, 3.63) is 28.2 Å². The molecule has 0 spiro atoms. The highest BCUT2D eigenvalue weighted by Crippen LogP contribution is 2.34. The summed E-state index contributed by atoms with van der Waals surface area (Å²) >= 11 is 16.4. The molecule has 0 fully saturated rings. The van der Waals surface area contributed by atoms with Crippen LogP contribution in [0.4, 0.5) is 0 Å². The maximum atomic E-state index is 6.04. The lowest BCUT2D eigenvalue weighted by molar-refractivity contribution is 0.165. The van der Waals surface area contributed by atoms with Crippen molar-refractivity contribution < 1.29 is 4.74 Å². The van der Waals surface area contributed by atoms with Gasteiger partial charge in [-0.3, -0.25) is 0 Å². The van der Waals surface area contributed by atoms with Crippen LogP contribution >= 0.6 is 35.8 Å². The molecule has 0 N–H and O–H groups in total. The molecule has 0 heterocycles. The summed E-state index contributed by atoms with van der Waals surface area (Å²) < 4.78 is 5.73. The van der Waals surface area contributed by atoms with Crippen molar-refractivity contribution in [2.45, 2.75) is 20.8 Å². The van der Waals surface area contributed by atoms with Crippen molar-refractivity contribution in [2.75, 3.05) is 12.4 Å². The Morgan fingerprint density at radius 1 is 1.24 bits per heavy atom. The maximum absolute atomic E-state index is 6.04. The van der Waals surface area contributed by atoms with E-state index >= 15 is 0 Å². The van der Waals surface area contributed by atoms with Crippen LogP contribution in [-0.2, 0) is 0 Å². The number of rotatable bonds is 4. The molecule has 4 heteroatoms. The van der Waals surface area contributed by atoms with Crippen molar-refractivity contribution in [1.82, 2.24) is 0 Å². The Kier molecular flexibility index (Phi) is 5.49. The molecule has 0 aliphatic heterocycles. The predicted molar refractivity (Wildman–Crippen MR) is 78.8 cm³/mol. The van der Waals surface area contributed by atoms with E-state index in [1.807, 2.05) is 0 Å². The average Bonchev–Trinajstić information content (AvgIpc) is 2.20. The maximum Gasteiger partial charge on any atom is 0.156 e. The number of para-hydroxylation sites is 1. The van der Waals surface area contributed by atoms with Crippen LogP contribution in [0.2, 0.25) is 10.0 Å². The first-order valence-corrected chi connectivity index (χ1v) is 6.92. The highest BCUT2D eigenvalue weighted by Gasteiger charge is 2.24. The Hall–Kier alpha value is -0.0500. The number of benzene rings is 1. The SMILES string of the molecule is CC(C)(C)C(CS)COc1c(Cl)cccc1Cl. The molecule has 1 unspecified atom stereocenters. The highest BCUT2D eigenvalue weighted by atomic mass is 35.5. The Bertz CT molecular complexity index is 354. The smallest absolute Gasteiger partial charge is 0.156 e. The van der Waals surface area contributed by atoms with Crippen molar-refractivity contribution in [1.29, 1.82) is 0 Å². The van der Waals surface area contributed by atoms with E-state index in [2.05, 4.69) is 33.4 Å². The van der Waals surface area contributed by atoms with Crippen LogP contribution in [0.3, 0.4) is 0 Å². The van der Waals surface area contributed by atoms with Crippen molar-refractivity contribution in [3.63, 3.8) is 0 Å². The lowest BCUT2D eigenvalue weighted by atomic mass is 9.82. The molecule has 0 aromatic heterocycles. The molecule has 0 aliphatic rings. The zero-order valence-corrected chi connectivity index (χ0v) is 12.7. The Labute approximate surface area is 119 Å². The molecule has 0 saturated heterocycles. The molecule has 1 nitrogen and oxygen atoms in total. The van der Waals surface area contributed by atoms with Crippen LogP contribution < -0.4 is 4.74 Å². The van der Waals surface area contributed by atoms with Gasteiger partial charge in [-0.25, -0.2) is 0 Å². The monoisotopic (exact) mass is 292 g/mol. The highest BCUT2D eigenvalue weighted by molar-refractivity contribution is 7.80. The summed E-state index contributed by atoms with van der Waals surface area (Å²) in [5, 5.41) is 1.09. The van der Waals surface area contributed by atoms with Gasteiger partial charge in [0.15, 0.2) is 5.75 Å². The summed E-state index contributed by atoms with van der Waals surface area (Å²) in [5.74, 6) is 1.68. The Morgan fingerprint density at radius 3 is 2.18 bits per heavy atom. The van der Waals surface area contributed by atoms with Crippen LogP contribution in [0.1, 0.15) is 20.8 Å². The fourth-order valence-corrected chi connectivity index (χ4v) is 2.54. The summed E-state index contributed by atoms with van der Waals surface area (Å²) in [6.45, 7) is 7.08. The molecular formula is C13H18Cl2OS. The molecule has 0 aliphatic carbocycles. The van der Waals surface area contributed by atoms with Gasteiger partial charge in [0.1, 0.15) is 0 Å². The minimum Gasteiger partial charge on any atom is -0.490 e. The Balaban J connectivity index is 2.73. The molecule has 0 amide bonds. The molecule has 1 rings (SSSR count). The number of hydrogen-bond acceptors (Lipinski definition) is 2. The van der Waals surface area contributed by atoms with Crippen molar-refractivity contribution in [3.8, 4) is 5.75 Å². The molecule has 1 aromatic carbocycles. The van der Waals surface area contributed by atoms with Crippen molar-refractivity contribution >= 4 is 35.8 Å². The van der Waals surface area contributed by atoms with E-state index in [-0.39, 0.29) is 5.41 Å². The molecule has 96 valence electrons. The van der Waals surface area contributed by atoms with Gasteiger partial charge in [-0.1, -0.05) is 50.0 Å². The van der Waals surface area contributed by atoms with Gasteiger partial charge in [0.25, 0.3) is 0 Å². The fraction of sp³-hybridized carbons (Fsp3) is 0.538. The van der Waals surface area contributed by atoms with E-state index in [9.17, 15) is 0 Å². The van der Waals surface area contributed by atoms with Gasteiger partial charge in [-0.15, -0.1) is 0 Å². The van der Waals surface area contributed by atoms with Gasteiger partial charge in [0.2, 0.25) is 0 Å². The van der Waals surface area contributed by atoms with Crippen LogP contribution in [0, 0.1) is 11.3 Å². The first-order valence-electron chi connectivity index (χ1n) is 5.54. The second-order valence-corrected chi connectivity index (χ2v) is 6.29. The second kappa shape index (κ2) is 6.21. The summed E-state index contributed by atoms with van der Waals surface area (Å²) in [4.78, 5) is 0. The zero-order chi connectivity index (χ0) is 13.1. The third-order valence-electron chi connectivity index (χ3n) is 2.79. The number of hydrogen-bond donors (Lipinski definition) is 1. The predicted octanol–water partition coefficient (Wildman–Crippen LogP) is 4.96. The van der Waals surface area contributed by atoms with Gasteiger partial charge in [0, 0.05) is 5.92 Å². The van der Waals surface area contributed by atoms with Gasteiger partial charge in [-0.2, -0.15) is 12.6 Å². The number of ether oxygens (including phenoxy) is 1. The van der Waals surface area contributed by atoms with Crippen LogP contribution in [0.25, 0.3) is 0 Å². The standard InChI is InChI=1S/C13H18Cl2OS/c1-13(2,3)9(8-17)7-16-12-10(14)5-4-6-11(12)15/h4-6,9,17H,7-8H2,1-3H3.